The molecule has 1 aromatic rings. The van der Waals surface area contributed by atoms with E-state index in [-0.39, 0.29) is 16.3 Å². The van der Waals surface area contributed by atoms with Gasteiger partial charge in [0.2, 0.25) is 0 Å². The Hall–Kier alpha value is -1.04. The van der Waals surface area contributed by atoms with Gasteiger partial charge in [-0.25, -0.2) is 0 Å². The Kier molecular flexibility index (Phi) is 5.68. The summed E-state index contributed by atoms with van der Waals surface area (Å²) in [7, 11) is -0.428. The van der Waals surface area contributed by atoms with Crippen LogP contribution in [0.15, 0.2) is 23.7 Å². The van der Waals surface area contributed by atoms with Crippen LogP contribution in [0, 0.1) is 13.8 Å². The van der Waals surface area contributed by atoms with Crippen molar-refractivity contribution < 1.29 is 14.1 Å². The maximum absolute atomic E-state index is 11.4. The van der Waals surface area contributed by atoms with Crippen LogP contribution in [0.25, 0.3) is 6.08 Å². The molecule has 0 aromatic heterocycles. The molecular formula is C19H27BO3S. The number of benzene rings is 1. The number of carbonyl (C=O) groups excluding carboxylic acids is 1. The molecule has 1 heterocycles. The maximum atomic E-state index is 11.4. The van der Waals surface area contributed by atoms with Crippen molar-refractivity contribution in [3.8, 4) is 0 Å². The van der Waals surface area contributed by atoms with Crippen molar-refractivity contribution in [3.05, 3.63) is 40.4 Å². The molecule has 1 aliphatic heterocycles. The number of aryl methyl sites for hydroxylation is 2. The molecule has 130 valence electrons. The molecule has 0 atom stereocenters. The van der Waals surface area contributed by atoms with E-state index < -0.39 is 7.12 Å². The fourth-order valence-corrected chi connectivity index (χ4v) is 3.13. The van der Waals surface area contributed by atoms with Crippen LogP contribution in [-0.4, -0.2) is 29.2 Å². The van der Waals surface area contributed by atoms with Crippen LogP contribution in [-0.2, 0) is 14.1 Å². The lowest BCUT2D eigenvalue weighted by atomic mass is 9.78. The van der Waals surface area contributed by atoms with Crippen LogP contribution in [0.2, 0.25) is 0 Å². The molecule has 0 spiro atoms. The van der Waals surface area contributed by atoms with Crippen molar-refractivity contribution in [1.29, 1.82) is 0 Å². The normalized spacial score (nSPS) is 19.6. The number of thioether (sulfide) groups is 1. The van der Waals surface area contributed by atoms with E-state index in [0.717, 1.165) is 11.0 Å². The molecule has 0 amide bonds. The Bertz CT molecular complexity index is 649. The average Bonchev–Trinajstić information content (AvgIpc) is 2.65. The first kappa shape index (κ1) is 19.3. The highest BCUT2D eigenvalue weighted by Gasteiger charge is 2.52. The number of carbonyl (C=O) groups is 1. The van der Waals surface area contributed by atoms with Gasteiger partial charge in [-0.2, -0.15) is 0 Å². The van der Waals surface area contributed by atoms with Gasteiger partial charge in [0.15, 0.2) is 5.12 Å². The van der Waals surface area contributed by atoms with E-state index in [1.54, 1.807) is 6.92 Å². The molecular weight excluding hydrogens is 319 g/mol. The summed E-state index contributed by atoms with van der Waals surface area (Å²) in [5.74, 6) is 0.569. The zero-order chi connectivity index (χ0) is 18.1. The van der Waals surface area contributed by atoms with Gasteiger partial charge in [0.1, 0.15) is 0 Å². The van der Waals surface area contributed by atoms with Crippen molar-refractivity contribution in [3.63, 3.8) is 0 Å². The molecule has 0 saturated carbocycles. The van der Waals surface area contributed by atoms with Gasteiger partial charge in [-0.3, -0.25) is 4.79 Å². The van der Waals surface area contributed by atoms with Crippen molar-refractivity contribution >= 4 is 30.1 Å². The summed E-state index contributed by atoms with van der Waals surface area (Å²) >= 11 is 1.29. The second-order valence-electron chi connectivity index (χ2n) is 7.45. The van der Waals surface area contributed by atoms with Gasteiger partial charge in [0.05, 0.1) is 11.2 Å². The predicted molar refractivity (Wildman–Crippen MR) is 103 cm³/mol. The predicted octanol–water partition coefficient (Wildman–Crippen LogP) is 4.60. The minimum atomic E-state index is -0.428. The number of rotatable bonds is 4. The smallest absolute Gasteiger partial charge is 0.400 e. The zero-order valence-corrected chi connectivity index (χ0v) is 16.5. The van der Waals surface area contributed by atoms with Crippen LogP contribution >= 0.6 is 11.8 Å². The van der Waals surface area contributed by atoms with Gasteiger partial charge in [0.25, 0.3) is 0 Å². The van der Waals surface area contributed by atoms with Crippen molar-refractivity contribution in [2.75, 3.05) is 5.75 Å². The van der Waals surface area contributed by atoms with E-state index in [1.165, 1.54) is 22.9 Å². The van der Waals surface area contributed by atoms with E-state index in [4.69, 9.17) is 9.31 Å². The Morgan fingerprint density at radius 1 is 1.17 bits per heavy atom. The first-order chi connectivity index (χ1) is 11.0. The quantitative estimate of drug-likeness (QED) is 0.747. The Morgan fingerprint density at radius 2 is 1.75 bits per heavy atom. The summed E-state index contributed by atoms with van der Waals surface area (Å²) in [5, 5.41) is 0.0954. The summed E-state index contributed by atoms with van der Waals surface area (Å²) in [6, 6.07) is 6.36. The van der Waals surface area contributed by atoms with Gasteiger partial charge in [-0.1, -0.05) is 41.6 Å². The SMILES string of the molecule is CC(=O)SCC(=Cc1ccc(C)cc1C)B1OC(C)(C)C(C)(C)O1. The van der Waals surface area contributed by atoms with Crippen molar-refractivity contribution in [2.45, 2.75) is 59.7 Å². The molecule has 1 saturated heterocycles. The van der Waals surface area contributed by atoms with Crippen LogP contribution in [0.1, 0.15) is 51.3 Å². The summed E-state index contributed by atoms with van der Waals surface area (Å²) in [6.45, 7) is 13.9. The van der Waals surface area contributed by atoms with Gasteiger partial charge < -0.3 is 9.31 Å². The molecule has 0 bridgehead atoms. The summed E-state index contributed by atoms with van der Waals surface area (Å²) < 4.78 is 12.4. The van der Waals surface area contributed by atoms with Crippen LogP contribution in [0.5, 0.6) is 0 Å². The topological polar surface area (TPSA) is 35.5 Å². The molecule has 2 rings (SSSR count). The fourth-order valence-electron chi connectivity index (χ4n) is 2.54. The lowest BCUT2D eigenvalue weighted by molar-refractivity contribution is -0.109. The van der Waals surface area contributed by atoms with E-state index in [9.17, 15) is 4.79 Å². The number of hydrogen-bond acceptors (Lipinski definition) is 4. The minimum absolute atomic E-state index is 0.0954. The monoisotopic (exact) mass is 346 g/mol. The summed E-state index contributed by atoms with van der Waals surface area (Å²) in [5.41, 5.74) is 3.78. The molecule has 0 unspecified atom stereocenters. The van der Waals surface area contributed by atoms with Crippen LogP contribution in [0.3, 0.4) is 0 Å². The van der Waals surface area contributed by atoms with Gasteiger partial charge in [-0.15, -0.1) is 0 Å². The minimum Gasteiger partial charge on any atom is -0.400 e. The van der Waals surface area contributed by atoms with Gasteiger partial charge in [0, 0.05) is 12.7 Å². The second kappa shape index (κ2) is 7.07. The third kappa shape index (κ3) is 4.32. The first-order valence-electron chi connectivity index (χ1n) is 8.28. The maximum Gasteiger partial charge on any atom is 0.491 e. The molecule has 5 heteroatoms. The summed E-state index contributed by atoms with van der Waals surface area (Å²) in [4.78, 5) is 11.4. The number of hydrogen-bond donors (Lipinski definition) is 0. The van der Waals surface area contributed by atoms with E-state index in [1.807, 2.05) is 27.7 Å². The largest absolute Gasteiger partial charge is 0.491 e. The summed E-state index contributed by atoms with van der Waals surface area (Å²) in [6.07, 6.45) is 2.10. The second-order valence-corrected chi connectivity index (χ2v) is 8.60. The molecule has 1 aliphatic rings. The molecule has 24 heavy (non-hydrogen) atoms. The lowest BCUT2D eigenvalue weighted by Crippen LogP contribution is -2.41. The van der Waals surface area contributed by atoms with Crippen molar-refractivity contribution in [2.24, 2.45) is 0 Å². The van der Waals surface area contributed by atoms with E-state index in [0.29, 0.717) is 5.75 Å². The highest BCUT2D eigenvalue weighted by Crippen LogP contribution is 2.39. The fraction of sp³-hybridized carbons (Fsp3) is 0.526. The zero-order valence-electron chi connectivity index (χ0n) is 15.7. The van der Waals surface area contributed by atoms with Crippen LogP contribution in [0.4, 0.5) is 0 Å². The van der Waals surface area contributed by atoms with Crippen molar-refractivity contribution in [1.82, 2.24) is 0 Å². The Morgan fingerprint density at radius 3 is 2.25 bits per heavy atom. The average molecular weight is 346 g/mol. The first-order valence-corrected chi connectivity index (χ1v) is 9.27. The third-order valence-electron chi connectivity index (χ3n) is 4.76. The molecule has 0 N–H and O–H groups in total. The standard InChI is InChI=1S/C19H27BO3S/c1-13-8-9-16(14(2)10-13)11-17(12-24-15(3)21)20-22-18(4,5)19(6,7)23-20/h8-11H,12H2,1-7H3. The third-order valence-corrected chi connectivity index (χ3v) is 5.65. The molecule has 0 aliphatic carbocycles. The molecule has 1 fully saturated rings. The van der Waals surface area contributed by atoms with Gasteiger partial charge >= 0.3 is 7.12 Å². The molecule has 0 radical (unpaired) electrons. The highest BCUT2D eigenvalue weighted by molar-refractivity contribution is 8.13. The Balaban J connectivity index is 2.35. The van der Waals surface area contributed by atoms with E-state index in [2.05, 4.69) is 38.1 Å². The Labute approximate surface area is 150 Å². The molecule has 3 nitrogen and oxygen atoms in total. The van der Waals surface area contributed by atoms with Crippen LogP contribution < -0.4 is 0 Å². The van der Waals surface area contributed by atoms with E-state index >= 15 is 0 Å². The molecule has 1 aromatic carbocycles. The van der Waals surface area contributed by atoms with Gasteiger partial charge in [-0.05, 0) is 58.1 Å². The highest BCUT2D eigenvalue weighted by atomic mass is 32.2. The lowest BCUT2D eigenvalue weighted by Gasteiger charge is -2.32.